The first kappa shape index (κ1) is 18.1. The van der Waals surface area contributed by atoms with Crippen molar-refractivity contribution in [2.45, 2.75) is 17.9 Å². The first-order chi connectivity index (χ1) is 11.3. The Bertz CT molecular complexity index is 792. The zero-order valence-electron chi connectivity index (χ0n) is 13.4. The van der Waals surface area contributed by atoms with Crippen LogP contribution in [0.25, 0.3) is 0 Å². The zero-order valence-corrected chi connectivity index (χ0v) is 14.3. The van der Waals surface area contributed by atoms with Crippen molar-refractivity contribution >= 4 is 15.9 Å². The van der Waals surface area contributed by atoms with Gasteiger partial charge in [0, 0.05) is 7.05 Å². The van der Waals surface area contributed by atoms with Gasteiger partial charge in [0.05, 0.1) is 17.5 Å². The van der Waals surface area contributed by atoms with E-state index in [0.717, 1.165) is 9.87 Å². The molecule has 7 heteroatoms. The summed E-state index contributed by atoms with van der Waals surface area (Å²) in [6, 6.07) is 13.3. The minimum absolute atomic E-state index is 0.131. The Morgan fingerprint density at radius 3 is 2.29 bits per heavy atom. The van der Waals surface area contributed by atoms with E-state index in [-0.39, 0.29) is 23.3 Å². The van der Waals surface area contributed by atoms with Crippen LogP contribution in [0, 0.1) is 5.82 Å². The first-order valence-corrected chi connectivity index (χ1v) is 8.81. The van der Waals surface area contributed by atoms with E-state index in [1.807, 2.05) is 0 Å². The summed E-state index contributed by atoms with van der Waals surface area (Å²) >= 11 is 0. The van der Waals surface area contributed by atoms with Crippen LogP contribution in [0.4, 0.5) is 4.39 Å². The van der Waals surface area contributed by atoms with Crippen molar-refractivity contribution in [2.75, 3.05) is 13.6 Å². The van der Waals surface area contributed by atoms with E-state index in [9.17, 15) is 17.6 Å². The van der Waals surface area contributed by atoms with Gasteiger partial charge in [-0.3, -0.25) is 4.79 Å². The molecule has 0 aliphatic heterocycles. The van der Waals surface area contributed by atoms with Gasteiger partial charge in [0.25, 0.3) is 0 Å². The van der Waals surface area contributed by atoms with Crippen LogP contribution in [-0.4, -0.2) is 32.2 Å². The third-order valence-corrected chi connectivity index (χ3v) is 5.38. The lowest BCUT2D eigenvalue weighted by molar-refractivity contribution is -0.121. The fraction of sp³-hybridized carbons (Fsp3) is 0.235. The quantitative estimate of drug-likeness (QED) is 0.869. The highest BCUT2D eigenvalue weighted by atomic mass is 32.2. The molecule has 0 saturated heterocycles. The highest BCUT2D eigenvalue weighted by Crippen LogP contribution is 2.15. The van der Waals surface area contributed by atoms with E-state index in [1.165, 1.54) is 31.3 Å². The summed E-state index contributed by atoms with van der Waals surface area (Å²) in [5.74, 6) is -0.792. The number of sulfonamides is 1. The number of benzene rings is 2. The first-order valence-electron chi connectivity index (χ1n) is 7.37. The number of amides is 1. The molecule has 0 fully saturated rings. The summed E-state index contributed by atoms with van der Waals surface area (Å²) in [4.78, 5) is 12.2. The maximum atomic E-state index is 12.9. The summed E-state index contributed by atoms with van der Waals surface area (Å²) in [6.07, 6.45) is 0. The van der Waals surface area contributed by atoms with Crippen LogP contribution in [0.15, 0.2) is 59.5 Å². The standard InChI is InChI=1S/C17H19FN2O3S/c1-13(14-8-10-15(18)11-9-14)19-17(21)12-20(2)24(22,23)16-6-4-3-5-7-16/h3-11,13H,12H2,1-2H3,(H,19,21)/t13-/m0/s1. The van der Waals surface area contributed by atoms with Gasteiger partial charge < -0.3 is 5.32 Å². The molecule has 1 atom stereocenters. The number of rotatable bonds is 6. The number of carbonyl (C=O) groups is 1. The van der Waals surface area contributed by atoms with Gasteiger partial charge in [-0.1, -0.05) is 30.3 Å². The number of halogens is 1. The van der Waals surface area contributed by atoms with Crippen molar-refractivity contribution in [3.63, 3.8) is 0 Å². The van der Waals surface area contributed by atoms with Crippen molar-refractivity contribution < 1.29 is 17.6 Å². The largest absolute Gasteiger partial charge is 0.348 e. The summed E-state index contributed by atoms with van der Waals surface area (Å²) in [5, 5.41) is 2.70. The smallest absolute Gasteiger partial charge is 0.243 e. The van der Waals surface area contributed by atoms with Crippen molar-refractivity contribution in [2.24, 2.45) is 0 Å². The van der Waals surface area contributed by atoms with Crippen LogP contribution < -0.4 is 5.32 Å². The van der Waals surface area contributed by atoms with E-state index < -0.39 is 15.9 Å². The Morgan fingerprint density at radius 1 is 1.12 bits per heavy atom. The molecule has 0 unspecified atom stereocenters. The third-order valence-electron chi connectivity index (χ3n) is 3.57. The van der Waals surface area contributed by atoms with Gasteiger partial charge in [-0.25, -0.2) is 12.8 Å². The zero-order chi connectivity index (χ0) is 17.7. The number of nitrogens with zero attached hydrogens (tertiary/aromatic N) is 1. The predicted molar refractivity (Wildman–Crippen MR) is 89.2 cm³/mol. The van der Waals surface area contributed by atoms with Gasteiger partial charge in [0.15, 0.2) is 0 Å². The number of hydrogen-bond acceptors (Lipinski definition) is 3. The number of nitrogens with one attached hydrogen (secondary N) is 1. The molecule has 24 heavy (non-hydrogen) atoms. The Balaban J connectivity index is 2.00. The maximum Gasteiger partial charge on any atom is 0.243 e. The van der Waals surface area contributed by atoms with Gasteiger partial charge in [0.2, 0.25) is 15.9 Å². The Kier molecular flexibility index (Phi) is 5.69. The molecular weight excluding hydrogens is 331 g/mol. The lowest BCUT2D eigenvalue weighted by atomic mass is 10.1. The molecule has 1 amide bonds. The molecule has 0 spiro atoms. The Hall–Kier alpha value is -2.25. The van der Waals surface area contributed by atoms with E-state index in [0.29, 0.717) is 0 Å². The van der Waals surface area contributed by atoms with Gasteiger partial charge >= 0.3 is 0 Å². The van der Waals surface area contributed by atoms with Gasteiger partial charge in [-0.2, -0.15) is 4.31 Å². The average Bonchev–Trinajstić information content (AvgIpc) is 2.56. The number of likely N-dealkylation sites (N-methyl/N-ethyl adjacent to an activating group) is 1. The molecule has 0 aliphatic rings. The molecule has 0 bridgehead atoms. The third kappa shape index (κ3) is 4.39. The van der Waals surface area contributed by atoms with E-state index in [4.69, 9.17) is 0 Å². The number of hydrogen-bond donors (Lipinski definition) is 1. The van der Waals surface area contributed by atoms with Crippen molar-refractivity contribution in [1.29, 1.82) is 0 Å². The second kappa shape index (κ2) is 7.55. The molecule has 5 nitrogen and oxygen atoms in total. The number of carbonyl (C=O) groups excluding carboxylic acids is 1. The van der Waals surface area contributed by atoms with E-state index in [1.54, 1.807) is 37.3 Å². The molecule has 0 heterocycles. The highest BCUT2D eigenvalue weighted by Gasteiger charge is 2.23. The molecule has 0 aliphatic carbocycles. The summed E-state index contributed by atoms with van der Waals surface area (Å²) < 4.78 is 38.6. The topological polar surface area (TPSA) is 66.5 Å². The highest BCUT2D eigenvalue weighted by molar-refractivity contribution is 7.89. The fourth-order valence-electron chi connectivity index (χ4n) is 2.18. The molecule has 2 rings (SSSR count). The normalized spacial score (nSPS) is 12.8. The molecule has 2 aromatic carbocycles. The van der Waals surface area contributed by atoms with Crippen LogP contribution in [0.3, 0.4) is 0 Å². The molecule has 0 saturated carbocycles. The maximum absolute atomic E-state index is 12.9. The lowest BCUT2D eigenvalue weighted by Gasteiger charge is -2.19. The SMILES string of the molecule is C[C@H](NC(=O)CN(C)S(=O)(=O)c1ccccc1)c1ccc(F)cc1. The van der Waals surface area contributed by atoms with Gasteiger partial charge in [0.1, 0.15) is 5.82 Å². The second-order valence-corrected chi connectivity index (χ2v) is 7.46. The monoisotopic (exact) mass is 350 g/mol. The molecule has 1 N–H and O–H groups in total. The Labute approximate surface area is 141 Å². The van der Waals surface area contributed by atoms with Crippen LogP contribution in [0.5, 0.6) is 0 Å². The predicted octanol–water partition coefficient (Wildman–Crippen LogP) is 2.32. The minimum atomic E-state index is -3.72. The van der Waals surface area contributed by atoms with Gasteiger partial charge in [-0.05, 0) is 36.8 Å². The molecule has 0 radical (unpaired) electrons. The van der Waals surface area contributed by atoms with Crippen LogP contribution in [0.2, 0.25) is 0 Å². The summed E-state index contributed by atoms with van der Waals surface area (Å²) in [5.41, 5.74) is 0.735. The lowest BCUT2D eigenvalue weighted by Crippen LogP contribution is -2.39. The van der Waals surface area contributed by atoms with Crippen LogP contribution >= 0.6 is 0 Å². The van der Waals surface area contributed by atoms with Crippen molar-refractivity contribution in [3.8, 4) is 0 Å². The summed E-state index contributed by atoms with van der Waals surface area (Å²) in [7, 11) is -2.37. The van der Waals surface area contributed by atoms with Crippen molar-refractivity contribution in [1.82, 2.24) is 9.62 Å². The Morgan fingerprint density at radius 2 is 1.71 bits per heavy atom. The average molecular weight is 350 g/mol. The van der Waals surface area contributed by atoms with E-state index in [2.05, 4.69) is 5.32 Å². The fourth-order valence-corrected chi connectivity index (χ4v) is 3.33. The molecular formula is C17H19FN2O3S. The second-order valence-electron chi connectivity index (χ2n) is 5.41. The van der Waals surface area contributed by atoms with Crippen LogP contribution in [-0.2, 0) is 14.8 Å². The molecule has 0 aromatic heterocycles. The van der Waals surface area contributed by atoms with Crippen LogP contribution in [0.1, 0.15) is 18.5 Å². The van der Waals surface area contributed by atoms with Gasteiger partial charge in [-0.15, -0.1) is 0 Å². The van der Waals surface area contributed by atoms with Crippen molar-refractivity contribution in [3.05, 3.63) is 66.0 Å². The molecule has 2 aromatic rings. The minimum Gasteiger partial charge on any atom is -0.348 e. The summed E-state index contributed by atoms with van der Waals surface area (Å²) in [6.45, 7) is 1.44. The molecule has 128 valence electrons. The van der Waals surface area contributed by atoms with E-state index >= 15 is 0 Å².